The lowest BCUT2D eigenvalue weighted by atomic mass is 10.0. The van der Waals surface area contributed by atoms with Crippen molar-refractivity contribution in [3.8, 4) is 0 Å². The van der Waals surface area contributed by atoms with Crippen molar-refractivity contribution in [3.63, 3.8) is 0 Å². The second-order valence-electron chi connectivity index (χ2n) is 22.7. The Kier molecular flexibility index (Phi) is 63.7. The van der Waals surface area contributed by atoms with Crippen molar-refractivity contribution in [2.45, 2.75) is 354 Å². The van der Waals surface area contributed by atoms with E-state index >= 15 is 0 Å². The van der Waals surface area contributed by atoms with Crippen LogP contribution in [0.4, 0.5) is 0 Å². The molecular weight excluding hydrogens is 961 g/mol. The molecule has 1 unspecified atom stereocenters. The minimum absolute atomic E-state index is 0.0808. The first-order chi connectivity index (χ1) is 38.5. The molecule has 0 aromatic carbocycles. The van der Waals surface area contributed by atoms with Gasteiger partial charge in [0.15, 0.2) is 6.10 Å². The minimum atomic E-state index is -0.787. The molecule has 6 nitrogen and oxygen atoms in total. The lowest BCUT2D eigenvalue weighted by Gasteiger charge is -2.18. The van der Waals surface area contributed by atoms with E-state index in [9.17, 15) is 14.4 Å². The van der Waals surface area contributed by atoms with Crippen molar-refractivity contribution in [2.75, 3.05) is 13.2 Å². The molecule has 0 saturated heterocycles. The summed E-state index contributed by atoms with van der Waals surface area (Å²) in [6.45, 7) is 6.55. The van der Waals surface area contributed by atoms with Crippen LogP contribution in [0, 0.1) is 0 Å². The SMILES string of the molecule is CC/C=C\C/C=C\C/C=C\C/C=C\CCCCCCCCC(=O)OC(COC(=O)CCCCCCCCC/C=C\C/C=C\CCCCCC)COC(=O)CCCCCCCCCCCCCCCCCCCCCCCCC. The molecule has 0 N–H and O–H groups in total. The predicted octanol–water partition coefficient (Wildman–Crippen LogP) is 23.3. The molecule has 0 radical (unpaired) electrons. The Labute approximate surface area is 484 Å². The molecule has 0 rings (SSSR count). The molecule has 0 spiro atoms. The van der Waals surface area contributed by atoms with Crippen LogP contribution in [0.15, 0.2) is 72.9 Å². The van der Waals surface area contributed by atoms with Crippen molar-refractivity contribution in [1.82, 2.24) is 0 Å². The Hall–Kier alpha value is -3.15. The Morgan fingerprint density at radius 3 is 0.795 bits per heavy atom. The highest BCUT2D eigenvalue weighted by Gasteiger charge is 2.19. The van der Waals surface area contributed by atoms with E-state index in [4.69, 9.17) is 14.2 Å². The molecule has 0 aliphatic rings. The van der Waals surface area contributed by atoms with E-state index in [1.54, 1.807) is 0 Å². The maximum Gasteiger partial charge on any atom is 0.306 e. The largest absolute Gasteiger partial charge is 0.462 e. The third-order valence-corrected chi connectivity index (χ3v) is 14.9. The van der Waals surface area contributed by atoms with Crippen molar-refractivity contribution in [1.29, 1.82) is 0 Å². The fourth-order valence-corrected chi connectivity index (χ4v) is 9.88. The zero-order valence-corrected chi connectivity index (χ0v) is 51.9. The normalized spacial score (nSPS) is 12.5. The molecule has 1 atom stereocenters. The number of allylic oxidation sites excluding steroid dienone is 12. The van der Waals surface area contributed by atoms with Crippen LogP contribution < -0.4 is 0 Å². The van der Waals surface area contributed by atoms with Crippen molar-refractivity contribution < 1.29 is 28.6 Å². The lowest BCUT2D eigenvalue weighted by Crippen LogP contribution is -2.30. The first-order valence-electron chi connectivity index (χ1n) is 33.9. The van der Waals surface area contributed by atoms with E-state index < -0.39 is 6.10 Å². The maximum absolute atomic E-state index is 12.9. The summed E-state index contributed by atoms with van der Waals surface area (Å²) in [6.07, 6.45) is 86.3. The van der Waals surface area contributed by atoms with Crippen LogP contribution in [-0.4, -0.2) is 37.2 Å². The highest BCUT2D eigenvalue weighted by Crippen LogP contribution is 2.18. The zero-order chi connectivity index (χ0) is 56.4. The number of carbonyl (C=O) groups is 3. The van der Waals surface area contributed by atoms with E-state index in [0.29, 0.717) is 19.3 Å². The van der Waals surface area contributed by atoms with Crippen LogP contribution >= 0.6 is 0 Å². The summed E-state index contributed by atoms with van der Waals surface area (Å²) >= 11 is 0. The molecule has 452 valence electrons. The lowest BCUT2D eigenvalue weighted by molar-refractivity contribution is -0.167. The Balaban J connectivity index is 4.36. The first-order valence-corrected chi connectivity index (χ1v) is 33.9. The van der Waals surface area contributed by atoms with Crippen LogP contribution in [0.5, 0.6) is 0 Å². The van der Waals surface area contributed by atoms with Gasteiger partial charge < -0.3 is 14.2 Å². The number of unbranched alkanes of at least 4 members (excludes halogenated alkanes) is 39. The minimum Gasteiger partial charge on any atom is -0.462 e. The zero-order valence-electron chi connectivity index (χ0n) is 51.9. The number of hydrogen-bond donors (Lipinski definition) is 0. The summed E-state index contributed by atoms with van der Waals surface area (Å²) in [7, 11) is 0. The monoisotopic (exact) mass is 1090 g/mol. The second-order valence-corrected chi connectivity index (χ2v) is 22.7. The summed E-state index contributed by atoms with van der Waals surface area (Å²) in [5, 5.41) is 0. The second kappa shape index (κ2) is 66.4. The van der Waals surface area contributed by atoms with E-state index in [-0.39, 0.29) is 31.1 Å². The number of rotatable bonds is 62. The smallest absolute Gasteiger partial charge is 0.306 e. The van der Waals surface area contributed by atoms with Crippen LogP contribution in [0.25, 0.3) is 0 Å². The third-order valence-electron chi connectivity index (χ3n) is 14.9. The molecule has 0 fully saturated rings. The molecule has 0 aromatic heterocycles. The van der Waals surface area contributed by atoms with Crippen molar-refractivity contribution in [2.24, 2.45) is 0 Å². The van der Waals surface area contributed by atoms with Gasteiger partial charge in [-0.25, -0.2) is 0 Å². The van der Waals surface area contributed by atoms with E-state index in [1.807, 2.05) is 0 Å². The molecule has 6 heteroatoms. The molecule has 78 heavy (non-hydrogen) atoms. The molecule has 0 amide bonds. The summed E-state index contributed by atoms with van der Waals surface area (Å²) < 4.78 is 17.0. The van der Waals surface area contributed by atoms with Gasteiger partial charge in [-0.3, -0.25) is 14.4 Å². The van der Waals surface area contributed by atoms with Gasteiger partial charge in [0.2, 0.25) is 0 Å². The highest BCUT2D eigenvalue weighted by molar-refractivity contribution is 5.71. The maximum atomic E-state index is 12.9. The molecule has 0 aliphatic heterocycles. The number of esters is 3. The highest BCUT2D eigenvalue weighted by atomic mass is 16.6. The fraction of sp³-hybridized carbons (Fsp3) is 0.792. The van der Waals surface area contributed by atoms with Gasteiger partial charge in [-0.1, -0.05) is 312 Å². The van der Waals surface area contributed by atoms with Gasteiger partial charge in [0.05, 0.1) is 0 Å². The van der Waals surface area contributed by atoms with E-state index in [0.717, 1.165) is 109 Å². The van der Waals surface area contributed by atoms with Crippen LogP contribution in [0.3, 0.4) is 0 Å². The molecule has 0 bridgehead atoms. The summed E-state index contributed by atoms with van der Waals surface area (Å²) in [6, 6.07) is 0. The van der Waals surface area contributed by atoms with Crippen LogP contribution in [0.1, 0.15) is 348 Å². The van der Waals surface area contributed by atoms with Gasteiger partial charge in [0.1, 0.15) is 13.2 Å². The van der Waals surface area contributed by atoms with E-state index in [1.165, 1.54) is 199 Å². The predicted molar refractivity (Wildman–Crippen MR) is 339 cm³/mol. The summed E-state index contributed by atoms with van der Waals surface area (Å²) in [5.74, 6) is -0.883. The van der Waals surface area contributed by atoms with Gasteiger partial charge in [-0.15, -0.1) is 0 Å². The molecule has 0 heterocycles. The quantitative estimate of drug-likeness (QED) is 0.0261. The van der Waals surface area contributed by atoms with Crippen LogP contribution in [-0.2, 0) is 28.6 Å². The van der Waals surface area contributed by atoms with Gasteiger partial charge in [0, 0.05) is 19.3 Å². The van der Waals surface area contributed by atoms with Gasteiger partial charge in [0.25, 0.3) is 0 Å². The Morgan fingerprint density at radius 2 is 0.500 bits per heavy atom. The van der Waals surface area contributed by atoms with Crippen molar-refractivity contribution >= 4 is 17.9 Å². The van der Waals surface area contributed by atoms with Gasteiger partial charge >= 0.3 is 17.9 Å². The summed E-state index contributed by atoms with van der Waals surface area (Å²) in [4.78, 5) is 38.4. The molecule has 0 saturated carbocycles. The van der Waals surface area contributed by atoms with E-state index in [2.05, 4.69) is 93.7 Å². The number of hydrogen-bond acceptors (Lipinski definition) is 6. The number of ether oxygens (including phenoxy) is 3. The topological polar surface area (TPSA) is 78.9 Å². The van der Waals surface area contributed by atoms with Gasteiger partial charge in [-0.2, -0.15) is 0 Å². The Morgan fingerprint density at radius 1 is 0.269 bits per heavy atom. The molecule has 0 aliphatic carbocycles. The standard InChI is InChI=1S/C72H128O6/c1-4-7-10-13-16-19-22-25-28-31-34-35-36-37-39-41-44-47-50-53-56-59-62-65-71(74)77-68-69(67-76-70(73)64-61-58-55-52-49-46-43-40-33-30-27-24-21-18-15-12-9-6-3)78-72(75)66-63-60-57-54-51-48-45-42-38-32-29-26-23-20-17-14-11-8-5-2/h8,11,17,20-21,24,26,29-30,33,38,42,69H,4-7,9-10,12-16,18-19,22-23,25,27-28,31-32,34-37,39-41,43-68H2,1-3H3/b11-8-,20-17-,24-21-,29-26-,33-30-,42-38-. The number of carbonyl (C=O) groups excluding carboxylic acids is 3. The third kappa shape index (κ3) is 63.7. The fourth-order valence-electron chi connectivity index (χ4n) is 9.88. The molecular formula is C72H128O6. The summed E-state index contributed by atoms with van der Waals surface area (Å²) in [5.41, 5.74) is 0. The van der Waals surface area contributed by atoms with Crippen LogP contribution in [0.2, 0.25) is 0 Å². The average molecular weight is 1090 g/mol. The van der Waals surface area contributed by atoms with Crippen molar-refractivity contribution in [3.05, 3.63) is 72.9 Å². The Bertz CT molecular complexity index is 1440. The van der Waals surface area contributed by atoms with Gasteiger partial charge in [-0.05, 0) is 89.9 Å². The first kappa shape index (κ1) is 74.8. The average Bonchev–Trinajstić information content (AvgIpc) is 3.44. The molecule has 0 aromatic rings.